The Balaban J connectivity index is 1.84. The van der Waals surface area contributed by atoms with Gasteiger partial charge in [-0.05, 0) is 60.7 Å². The number of unbranched alkanes of at least 4 members (excludes halogenated alkanes) is 1. The Hall–Kier alpha value is -3.23. The summed E-state index contributed by atoms with van der Waals surface area (Å²) in [4.78, 5) is 22.7. The minimum atomic E-state index is -5.54. The van der Waals surface area contributed by atoms with Crippen molar-refractivity contribution in [2.24, 2.45) is 0 Å². The van der Waals surface area contributed by atoms with Crippen LogP contribution in [0.5, 0.6) is 5.75 Å². The summed E-state index contributed by atoms with van der Waals surface area (Å²) in [6, 6.07) is 12.3. The lowest BCUT2D eigenvalue weighted by Crippen LogP contribution is -2.36. The lowest BCUT2D eigenvalue weighted by atomic mass is 10.0. The first-order valence-corrected chi connectivity index (χ1v) is 9.25. The number of aryl methyl sites for hydroxylation is 1. The molecule has 0 aliphatic rings. The van der Waals surface area contributed by atoms with E-state index in [2.05, 4.69) is 0 Å². The minimum Gasteiger partial charge on any atom is -0.478 e. The van der Waals surface area contributed by atoms with Crippen LogP contribution in [0.25, 0.3) is 6.08 Å². The lowest BCUT2D eigenvalue weighted by Gasteiger charge is -2.19. The van der Waals surface area contributed by atoms with Gasteiger partial charge >= 0.3 is 24.0 Å². The van der Waals surface area contributed by atoms with Gasteiger partial charge in [-0.15, -0.1) is 0 Å². The normalized spacial score (nSPS) is 12.2. The molecule has 0 aliphatic heterocycles. The standard InChI is InChI=1S/C22H19F5O4/c23-21(24,22(25,26)27)14-2-1-3-15-4-9-17(10-5-15)20(30)31-18-11-6-16(7-12-18)8-13-19(28)29/h4-13H,1-3,14H2,(H,28,29). The predicted octanol–water partition coefficient (Wildman–Crippen LogP) is 5.91. The number of carbonyl (C=O) groups is 2. The molecule has 2 rings (SSSR count). The largest absolute Gasteiger partial charge is 0.478 e. The molecular formula is C22H19F5O4. The molecule has 0 aliphatic carbocycles. The van der Waals surface area contributed by atoms with Crippen LogP contribution in [0.1, 0.15) is 40.7 Å². The Bertz CT molecular complexity index is 916. The summed E-state index contributed by atoms with van der Waals surface area (Å²) in [5.74, 6) is -6.15. The van der Waals surface area contributed by atoms with Crippen LogP contribution >= 0.6 is 0 Å². The van der Waals surface area contributed by atoms with Gasteiger partial charge in [0.1, 0.15) is 5.75 Å². The van der Waals surface area contributed by atoms with Gasteiger partial charge in [-0.2, -0.15) is 22.0 Å². The second kappa shape index (κ2) is 10.2. The molecule has 0 heterocycles. The van der Waals surface area contributed by atoms with E-state index in [4.69, 9.17) is 9.84 Å². The van der Waals surface area contributed by atoms with Crippen molar-refractivity contribution in [1.82, 2.24) is 0 Å². The fourth-order valence-electron chi connectivity index (χ4n) is 2.61. The van der Waals surface area contributed by atoms with Crippen LogP contribution in [0, 0.1) is 0 Å². The summed E-state index contributed by atoms with van der Waals surface area (Å²) >= 11 is 0. The smallest absolute Gasteiger partial charge is 0.453 e. The molecule has 9 heteroatoms. The van der Waals surface area contributed by atoms with Crippen molar-refractivity contribution in [2.75, 3.05) is 0 Å². The molecule has 1 N–H and O–H groups in total. The number of carbonyl (C=O) groups excluding carboxylic acids is 1. The van der Waals surface area contributed by atoms with Gasteiger partial charge in [0.2, 0.25) is 0 Å². The Labute approximate surface area is 175 Å². The van der Waals surface area contributed by atoms with Crippen LogP contribution in [0.4, 0.5) is 22.0 Å². The molecule has 0 radical (unpaired) electrons. The van der Waals surface area contributed by atoms with E-state index >= 15 is 0 Å². The van der Waals surface area contributed by atoms with Crippen molar-refractivity contribution in [3.63, 3.8) is 0 Å². The fraction of sp³-hybridized carbons (Fsp3) is 0.273. The van der Waals surface area contributed by atoms with Gasteiger partial charge in [-0.25, -0.2) is 9.59 Å². The van der Waals surface area contributed by atoms with E-state index in [0.29, 0.717) is 17.5 Å². The number of hydrogen-bond acceptors (Lipinski definition) is 3. The molecule has 31 heavy (non-hydrogen) atoms. The maximum Gasteiger partial charge on any atom is 0.453 e. The van der Waals surface area contributed by atoms with Crippen LogP contribution in [0.2, 0.25) is 0 Å². The van der Waals surface area contributed by atoms with E-state index in [-0.39, 0.29) is 24.2 Å². The van der Waals surface area contributed by atoms with Crippen molar-refractivity contribution in [2.45, 2.75) is 37.8 Å². The number of hydrogen-bond donors (Lipinski definition) is 1. The molecule has 0 bridgehead atoms. The van der Waals surface area contributed by atoms with Gasteiger partial charge in [0, 0.05) is 12.5 Å². The first-order valence-electron chi connectivity index (χ1n) is 9.25. The highest BCUT2D eigenvalue weighted by Crippen LogP contribution is 2.39. The first-order chi connectivity index (χ1) is 14.5. The lowest BCUT2D eigenvalue weighted by molar-refractivity contribution is -0.284. The maximum atomic E-state index is 12.9. The molecule has 4 nitrogen and oxygen atoms in total. The van der Waals surface area contributed by atoms with Crippen LogP contribution in [-0.2, 0) is 11.2 Å². The van der Waals surface area contributed by atoms with E-state index in [9.17, 15) is 31.5 Å². The van der Waals surface area contributed by atoms with Gasteiger partial charge in [0.05, 0.1) is 5.56 Å². The van der Waals surface area contributed by atoms with Gasteiger partial charge < -0.3 is 9.84 Å². The van der Waals surface area contributed by atoms with Crippen molar-refractivity contribution in [3.05, 3.63) is 71.3 Å². The number of ether oxygens (including phenoxy) is 1. The van der Waals surface area contributed by atoms with Crippen LogP contribution in [0.15, 0.2) is 54.6 Å². The highest BCUT2D eigenvalue weighted by molar-refractivity contribution is 5.91. The van der Waals surface area contributed by atoms with Gasteiger partial charge in [-0.3, -0.25) is 0 Å². The second-order valence-electron chi connectivity index (χ2n) is 6.74. The summed E-state index contributed by atoms with van der Waals surface area (Å²) in [6.07, 6.45) is -4.27. The molecule has 2 aromatic rings. The highest BCUT2D eigenvalue weighted by atomic mass is 19.4. The number of carboxylic acid groups (broad SMARTS) is 1. The third-order valence-corrected chi connectivity index (χ3v) is 4.32. The van der Waals surface area contributed by atoms with Crippen LogP contribution in [0.3, 0.4) is 0 Å². The number of esters is 1. The second-order valence-corrected chi connectivity index (χ2v) is 6.74. The fourth-order valence-corrected chi connectivity index (χ4v) is 2.61. The van der Waals surface area contributed by atoms with E-state index in [1.54, 1.807) is 24.3 Å². The number of benzene rings is 2. The zero-order valence-electron chi connectivity index (χ0n) is 16.2. The monoisotopic (exact) mass is 442 g/mol. The van der Waals surface area contributed by atoms with E-state index < -0.39 is 30.5 Å². The molecule has 0 aromatic heterocycles. The van der Waals surface area contributed by atoms with Crippen molar-refractivity contribution >= 4 is 18.0 Å². The summed E-state index contributed by atoms with van der Waals surface area (Å²) in [5, 5.41) is 8.59. The number of halogens is 5. The Morgan fingerprint density at radius 2 is 1.52 bits per heavy atom. The van der Waals surface area contributed by atoms with E-state index in [1.807, 2.05) is 0 Å². The first kappa shape index (κ1) is 24.0. The van der Waals surface area contributed by atoms with E-state index in [1.165, 1.54) is 30.3 Å². The van der Waals surface area contributed by atoms with Gasteiger partial charge in [-0.1, -0.05) is 24.3 Å². The Kier molecular flexibility index (Phi) is 7.90. The minimum absolute atomic E-state index is 0.151. The van der Waals surface area contributed by atoms with E-state index in [0.717, 1.165) is 6.08 Å². The van der Waals surface area contributed by atoms with Gasteiger partial charge in [0.25, 0.3) is 0 Å². The number of carboxylic acids is 1. The predicted molar refractivity (Wildman–Crippen MR) is 103 cm³/mol. The zero-order valence-corrected chi connectivity index (χ0v) is 16.2. The summed E-state index contributed by atoms with van der Waals surface area (Å²) in [7, 11) is 0. The van der Waals surface area contributed by atoms with Crippen LogP contribution < -0.4 is 4.74 Å². The molecule has 0 saturated heterocycles. The SMILES string of the molecule is O=C(O)C=Cc1ccc(OC(=O)c2ccc(CCCCC(F)(F)C(F)(F)F)cc2)cc1. The molecule has 0 spiro atoms. The number of aliphatic carboxylic acids is 1. The molecule has 0 fully saturated rings. The molecule has 0 saturated carbocycles. The van der Waals surface area contributed by atoms with Gasteiger partial charge in [0.15, 0.2) is 0 Å². The zero-order chi connectivity index (χ0) is 23.1. The molecule has 0 unspecified atom stereocenters. The summed E-state index contributed by atoms with van der Waals surface area (Å²) in [5.41, 5.74) is 1.54. The molecule has 2 aromatic carbocycles. The number of rotatable bonds is 9. The third kappa shape index (κ3) is 7.51. The average molecular weight is 442 g/mol. The van der Waals surface area contributed by atoms with Crippen molar-refractivity contribution < 1.29 is 41.4 Å². The molecular weight excluding hydrogens is 423 g/mol. The molecule has 166 valence electrons. The Morgan fingerprint density at radius 1 is 0.903 bits per heavy atom. The van der Waals surface area contributed by atoms with Crippen molar-refractivity contribution in [1.29, 1.82) is 0 Å². The quantitative estimate of drug-likeness (QED) is 0.172. The highest BCUT2D eigenvalue weighted by Gasteiger charge is 2.56. The van der Waals surface area contributed by atoms with Crippen LogP contribution in [-0.4, -0.2) is 29.1 Å². The topological polar surface area (TPSA) is 63.6 Å². The summed E-state index contributed by atoms with van der Waals surface area (Å²) in [6.45, 7) is 0. The average Bonchev–Trinajstić information content (AvgIpc) is 2.70. The molecule has 0 amide bonds. The summed E-state index contributed by atoms with van der Waals surface area (Å²) < 4.78 is 67.3. The molecule has 0 atom stereocenters. The third-order valence-electron chi connectivity index (χ3n) is 4.32. The maximum absolute atomic E-state index is 12.9. The number of alkyl halides is 5. The Morgan fingerprint density at radius 3 is 2.06 bits per heavy atom. The van der Waals surface area contributed by atoms with Crippen molar-refractivity contribution in [3.8, 4) is 5.75 Å².